The minimum atomic E-state index is -0.490. The molecule has 152 valence electrons. The van der Waals surface area contributed by atoms with Crippen LogP contribution in [-0.4, -0.2) is 44.0 Å². The summed E-state index contributed by atoms with van der Waals surface area (Å²) in [5, 5.41) is 6.31. The zero-order valence-electron chi connectivity index (χ0n) is 16.1. The summed E-state index contributed by atoms with van der Waals surface area (Å²) in [5.74, 6) is -0.361. The second-order valence-electron chi connectivity index (χ2n) is 6.97. The Morgan fingerprint density at radius 3 is 2.48 bits per heavy atom. The Balaban J connectivity index is 0.00000364. The number of nitrogens with zero attached hydrogens (tertiary/aromatic N) is 2. The van der Waals surface area contributed by atoms with Crippen LogP contribution in [0.3, 0.4) is 0 Å². The van der Waals surface area contributed by atoms with E-state index in [2.05, 4.69) is 15.6 Å². The maximum atomic E-state index is 13.8. The number of carbonyl (C=O) groups is 1. The third-order valence-electron chi connectivity index (χ3n) is 4.77. The molecule has 1 aliphatic rings. The lowest BCUT2D eigenvalue weighted by Crippen LogP contribution is -2.49. The monoisotopic (exact) mass is 494 g/mol. The van der Waals surface area contributed by atoms with Crippen LogP contribution >= 0.6 is 24.0 Å². The number of amides is 1. The Labute approximate surface area is 177 Å². The highest BCUT2D eigenvalue weighted by Gasteiger charge is 2.42. The van der Waals surface area contributed by atoms with Crippen molar-refractivity contribution in [2.24, 2.45) is 10.4 Å². The maximum absolute atomic E-state index is 13.8. The van der Waals surface area contributed by atoms with E-state index in [0.29, 0.717) is 19.0 Å². The van der Waals surface area contributed by atoms with Crippen LogP contribution in [0.1, 0.15) is 38.2 Å². The number of rotatable bonds is 6. The molecule has 1 saturated carbocycles. The summed E-state index contributed by atoms with van der Waals surface area (Å²) in [5.41, 5.74) is -0.230. The van der Waals surface area contributed by atoms with Gasteiger partial charge in [-0.1, -0.05) is 12.8 Å². The minimum absolute atomic E-state index is 0. The van der Waals surface area contributed by atoms with Crippen LogP contribution in [0.15, 0.2) is 23.2 Å². The predicted octanol–water partition coefficient (Wildman–Crippen LogP) is 3.29. The minimum Gasteiger partial charge on any atom is -0.357 e. The second-order valence-corrected chi connectivity index (χ2v) is 6.97. The highest BCUT2D eigenvalue weighted by atomic mass is 127. The molecule has 1 aliphatic carbocycles. The molecule has 0 saturated heterocycles. The van der Waals surface area contributed by atoms with E-state index >= 15 is 0 Å². The number of hydrogen-bond acceptors (Lipinski definition) is 2. The van der Waals surface area contributed by atoms with Gasteiger partial charge in [0.1, 0.15) is 11.6 Å². The number of hydrogen-bond donors (Lipinski definition) is 2. The van der Waals surface area contributed by atoms with Gasteiger partial charge < -0.3 is 15.5 Å². The average molecular weight is 494 g/mol. The molecule has 2 rings (SSSR count). The van der Waals surface area contributed by atoms with E-state index in [0.717, 1.165) is 43.9 Å². The molecule has 1 aromatic carbocycles. The fourth-order valence-corrected chi connectivity index (χ4v) is 3.42. The van der Waals surface area contributed by atoms with Gasteiger partial charge in [-0.05, 0) is 38.0 Å². The molecule has 0 unspecified atom stereocenters. The first-order valence-electron chi connectivity index (χ1n) is 9.06. The normalized spacial score (nSPS) is 15.8. The van der Waals surface area contributed by atoms with Crippen LogP contribution in [0.4, 0.5) is 8.78 Å². The molecule has 0 radical (unpaired) electrons. The van der Waals surface area contributed by atoms with Crippen molar-refractivity contribution in [1.29, 1.82) is 0 Å². The molecule has 0 spiro atoms. The first-order valence-corrected chi connectivity index (χ1v) is 9.06. The zero-order chi connectivity index (χ0) is 19.2. The molecule has 0 atom stereocenters. The SMILES string of the molecule is CCNC(=NCc1cc(F)ccc1F)NCC1(C(=O)N(C)C)CCCC1.I. The van der Waals surface area contributed by atoms with Gasteiger partial charge in [0.2, 0.25) is 5.91 Å². The number of carbonyl (C=O) groups excluding carboxylic acids is 1. The Bertz CT molecular complexity index is 661. The van der Waals surface area contributed by atoms with Crippen molar-refractivity contribution in [1.82, 2.24) is 15.5 Å². The van der Waals surface area contributed by atoms with E-state index < -0.39 is 17.0 Å². The topological polar surface area (TPSA) is 56.7 Å². The summed E-state index contributed by atoms with van der Waals surface area (Å²) in [6.45, 7) is 3.05. The lowest BCUT2D eigenvalue weighted by Gasteiger charge is -2.31. The standard InChI is InChI=1S/C19H28F2N4O.HI/c1-4-22-18(23-12-14-11-15(20)7-8-16(14)21)24-13-19(9-5-6-10-19)17(26)25(2)3;/h7-8,11H,4-6,9-10,12-13H2,1-3H3,(H2,22,23,24);1H. The van der Waals surface area contributed by atoms with Crippen LogP contribution in [0.5, 0.6) is 0 Å². The van der Waals surface area contributed by atoms with Crippen molar-refractivity contribution in [3.63, 3.8) is 0 Å². The van der Waals surface area contributed by atoms with Gasteiger partial charge in [0, 0.05) is 32.7 Å². The molecule has 1 fully saturated rings. The average Bonchev–Trinajstić information content (AvgIpc) is 3.09. The molecule has 0 aliphatic heterocycles. The zero-order valence-corrected chi connectivity index (χ0v) is 18.5. The molecule has 0 bridgehead atoms. The quantitative estimate of drug-likeness (QED) is 0.363. The fourth-order valence-electron chi connectivity index (χ4n) is 3.42. The molecule has 1 aromatic rings. The van der Waals surface area contributed by atoms with Gasteiger partial charge in [-0.25, -0.2) is 13.8 Å². The largest absolute Gasteiger partial charge is 0.357 e. The fraction of sp³-hybridized carbons (Fsp3) is 0.579. The lowest BCUT2D eigenvalue weighted by molar-refractivity contribution is -0.138. The van der Waals surface area contributed by atoms with E-state index in [1.54, 1.807) is 19.0 Å². The number of nitrogens with one attached hydrogen (secondary N) is 2. The third kappa shape index (κ3) is 6.29. The van der Waals surface area contributed by atoms with Gasteiger partial charge in [0.15, 0.2) is 5.96 Å². The van der Waals surface area contributed by atoms with Crippen LogP contribution in [-0.2, 0) is 11.3 Å². The predicted molar refractivity (Wildman–Crippen MR) is 114 cm³/mol. The van der Waals surface area contributed by atoms with Crippen LogP contribution < -0.4 is 10.6 Å². The Kier molecular flexibility index (Phi) is 9.41. The van der Waals surface area contributed by atoms with Crippen molar-refractivity contribution < 1.29 is 13.6 Å². The van der Waals surface area contributed by atoms with E-state index in [-0.39, 0.29) is 42.0 Å². The van der Waals surface area contributed by atoms with Gasteiger partial charge >= 0.3 is 0 Å². The third-order valence-corrected chi connectivity index (χ3v) is 4.77. The number of aliphatic imine (C=N–C) groups is 1. The first-order chi connectivity index (χ1) is 12.4. The van der Waals surface area contributed by atoms with Crippen LogP contribution in [0.25, 0.3) is 0 Å². The van der Waals surface area contributed by atoms with Gasteiger partial charge in [-0.3, -0.25) is 4.79 Å². The van der Waals surface area contributed by atoms with E-state index in [1.165, 1.54) is 0 Å². The summed E-state index contributed by atoms with van der Waals surface area (Å²) < 4.78 is 27.1. The van der Waals surface area contributed by atoms with Gasteiger partial charge in [-0.2, -0.15) is 0 Å². The van der Waals surface area contributed by atoms with Gasteiger partial charge in [0.25, 0.3) is 0 Å². The van der Waals surface area contributed by atoms with E-state index in [4.69, 9.17) is 0 Å². The Morgan fingerprint density at radius 1 is 1.22 bits per heavy atom. The highest BCUT2D eigenvalue weighted by Crippen LogP contribution is 2.38. The summed E-state index contributed by atoms with van der Waals surface area (Å²) >= 11 is 0. The Morgan fingerprint density at radius 2 is 1.89 bits per heavy atom. The molecule has 0 heterocycles. The van der Waals surface area contributed by atoms with Crippen molar-refractivity contribution >= 4 is 35.8 Å². The van der Waals surface area contributed by atoms with E-state index in [9.17, 15) is 13.6 Å². The van der Waals surface area contributed by atoms with Crippen LogP contribution in [0.2, 0.25) is 0 Å². The molecule has 8 heteroatoms. The summed E-state index contributed by atoms with van der Waals surface area (Å²) in [7, 11) is 3.54. The second kappa shape index (κ2) is 10.8. The van der Waals surface area contributed by atoms with Crippen molar-refractivity contribution in [3.05, 3.63) is 35.4 Å². The molecule has 0 aromatic heterocycles. The lowest BCUT2D eigenvalue weighted by atomic mass is 9.84. The summed E-state index contributed by atoms with van der Waals surface area (Å²) in [6, 6.07) is 3.34. The summed E-state index contributed by atoms with van der Waals surface area (Å²) in [6.07, 6.45) is 3.75. The van der Waals surface area contributed by atoms with E-state index in [1.807, 2.05) is 6.92 Å². The molecule has 27 heavy (non-hydrogen) atoms. The van der Waals surface area contributed by atoms with Crippen molar-refractivity contribution in [2.75, 3.05) is 27.2 Å². The summed E-state index contributed by atoms with van der Waals surface area (Å²) in [4.78, 5) is 18.6. The van der Waals surface area contributed by atoms with Gasteiger partial charge in [-0.15, -0.1) is 24.0 Å². The molecule has 2 N–H and O–H groups in total. The molecule has 5 nitrogen and oxygen atoms in total. The molecular formula is C19H29F2IN4O. The molecule has 1 amide bonds. The smallest absolute Gasteiger partial charge is 0.230 e. The Hall–Kier alpha value is -1.45. The van der Waals surface area contributed by atoms with Crippen LogP contribution in [0, 0.1) is 17.0 Å². The highest BCUT2D eigenvalue weighted by molar-refractivity contribution is 14.0. The number of halogens is 3. The maximum Gasteiger partial charge on any atom is 0.230 e. The number of benzene rings is 1. The van der Waals surface area contributed by atoms with Crippen molar-refractivity contribution in [3.8, 4) is 0 Å². The van der Waals surface area contributed by atoms with Crippen molar-refractivity contribution in [2.45, 2.75) is 39.2 Å². The first kappa shape index (κ1) is 23.6. The van der Waals surface area contributed by atoms with Gasteiger partial charge in [0.05, 0.1) is 12.0 Å². The molecular weight excluding hydrogens is 465 g/mol. The number of guanidine groups is 1.